The number of carbonyl (C=O) groups is 2. The number of benzene rings is 2. The lowest BCUT2D eigenvalue weighted by Crippen LogP contribution is -2.17. The van der Waals surface area contributed by atoms with Crippen LogP contribution in [0.3, 0.4) is 0 Å². The van der Waals surface area contributed by atoms with Crippen LogP contribution in [0.2, 0.25) is 0 Å². The van der Waals surface area contributed by atoms with Crippen molar-refractivity contribution >= 4 is 11.9 Å². The summed E-state index contributed by atoms with van der Waals surface area (Å²) in [5.74, 6) is -4.72. The Morgan fingerprint density at radius 3 is 2.19 bits per heavy atom. The molecule has 2 N–H and O–H groups in total. The number of ether oxygens (including phenoxy) is 2. The Labute approximate surface area is 173 Å². The largest absolute Gasteiger partial charge is 0.478 e. The maximum atomic E-state index is 13.9. The molecule has 4 rings (SSSR count). The molecule has 1 aliphatic rings. The van der Waals surface area contributed by atoms with Crippen LogP contribution in [0.15, 0.2) is 53.5 Å². The van der Waals surface area contributed by atoms with E-state index in [9.17, 15) is 23.2 Å². The zero-order valence-corrected chi connectivity index (χ0v) is 16.0. The van der Waals surface area contributed by atoms with Gasteiger partial charge in [0.25, 0.3) is 5.56 Å². The second-order valence-electron chi connectivity index (χ2n) is 6.36. The normalized spacial score (nSPS) is 11.5. The summed E-state index contributed by atoms with van der Waals surface area (Å²) in [6.07, 6.45) is 1.35. The van der Waals surface area contributed by atoms with E-state index in [1.807, 2.05) is 0 Å². The van der Waals surface area contributed by atoms with Crippen LogP contribution in [-0.4, -0.2) is 33.5 Å². The minimum absolute atomic E-state index is 0.00241. The summed E-state index contributed by atoms with van der Waals surface area (Å²) >= 11 is 0. The highest BCUT2D eigenvalue weighted by atomic mass is 19.2. The Morgan fingerprint density at radius 1 is 0.968 bits per heavy atom. The van der Waals surface area contributed by atoms with Crippen molar-refractivity contribution in [3.05, 3.63) is 87.3 Å². The smallest absolute Gasteiger partial charge is 0.335 e. The highest BCUT2D eigenvalue weighted by Crippen LogP contribution is 2.38. The van der Waals surface area contributed by atoms with Crippen LogP contribution in [0, 0.1) is 18.6 Å². The number of fused-ring (bicyclic) bond motifs is 1. The van der Waals surface area contributed by atoms with Crippen molar-refractivity contribution in [3.8, 4) is 17.2 Å². The lowest BCUT2D eigenvalue weighted by atomic mass is 10.1. The van der Waals surface area contributed by atoms with E-state index in [1.54, 1.807) is 13.0 Å². The SMILES string of the molecule is Cc1cc(C(=O)O)cc(C(=O)O)c1.O=c1ccccn1-c1cc2c(c(F)c1F)OCO2. The third-order valence-corrected chi connectivity index (χ3v) is 4.18. The van der Waals surface area contributed by atoms with Gasteiger partial charge in [-0.1, -0.05) is 6.07 Å². The molecule has 0 spiro atoms. The van der Waals surface area contributed by atoms with E-state index in [1.165, 1.54) is 36.5 Å². The van der Waals surface area contributed by atoms with E-state index in [0.717, 1.165) is 10.6 Å². The molecule has 0 radical (unpaired) electrons. The maximum Gasteiger partial charge on any atom is 0.335 e. The van der Waals surface area contributed by atoms with E-state index in [4.69, 9.17) is 19.7 Å². The molecule has 0 bridgehead atoms. The molecule has 8 nitrogen and oxygen atoms in total. The van der Waals surface area contributed by atoms with Gasteiger partial charge in [0.15, 0.2) is 11.6 Å². The molecule has 0 aliphatic carbocycles. The van der Waals surface area contributed by atoms with Gasteiger partial charge < -0.3 is 19.7 Å². The van der Waals surface area contributed by atoms with Crippen molar-refractivity contribution in [2.24, 2.45) is 0 Å². The van der Waals surface area contributed by atoms with Crippen molar-refractivity contribution in [2.75, 3.05) is 6.79 Å². The second kappa shape index (κ2) is 8.66. The molecular formula is C21H15F2NO7. The summed E-state index contributed by atoms with van der Waals surface area (Å²) in [7, 11) is 0. The van der Waals surface area contributed by atoms with E-state index in [0.29, 0.717) is 5.56 Å². The molecule has 1 aliphatic heterocycles. The number of aryl methyl sites for hydroxylation is 1. The van der Waals surface area contributed by atoms with Crippen LogP contribution in [0.5, 0.6) is 11.5 Å². The summed E-state index contributed by atoms with van der Waals surface area (Å²) in [6, 6.07) is 9.54. The molecule has 2 aromatic carbocycles. The summed E-state index contributed by atoms with van der Waals surface area (Å²) in [4.78, 5) is 32.7. The third-order valence-electron chi connectivity index (χ3n) is 4.18. The molecule has 0 unspecified atom stereocenters. The maximum absolute atomic E-state index is 13.9. The van der Waals surface area contributed by atoms with E-state index in [-0.39, 0.29) is 35.1 Å². The van der Waals surface area contributed by atoms with Gasteiger partial charge in [-0.05, 0) is 36.8 Å². The number of aromatic carboxylic acids is 2. The van der Waals surface area contributed by atoms with Crippen LogP contribution in [0.4, 0.5) is 8.78 Å². The van der Waals surface area contributed by atoms with Crippen molar-refractivity contribution in [1.82, 2.24) is 4.57 Å². The standard InChI is InChI=1S/C12H7F2NO3.C9H8O4/c13-10-7(15-4-2-1-3-9(15)16)5-8-12(11(10)14)18-6-17-8;1-5-2-6(8(10)11)4-7(3-5)9(12)13/h1-5H,6H2;2-4H,1H3,(H,10,11)(H,12,13). The van der Waals surface area contributed by atoms with Crippen LogP contribution < -0.4 is 15.0 Å². The minimum atomic E-state index is -1.16. The zero-order valence-electron chi connectivity index (χ0n) is 16.0. The molecule has 2 heterocycles. The number of hydrogen-bond acceptors (Lipinski definition) is 5. The zero-order chi connectivity index (χ0) is 22.7. The Bertz CT molecular complexity index is 1200. The molecule has 0 saturated heterocycles. The molecule has 10 heteroatoms. The number of carboxylic acids is 2. The van der Waals surface area contributed by atoms with Crippen LogP contribution in [0.1, 0.15) is 26.3 Å². The number of halogens is 2. The number of pyridine rings is 1. The molecule has 3 aromatic rings. The first-order chi connectivity index (χ1) is 14.7. The Kier molecular flexibility index (Phi) is 6.00. The van der Waals surface area contributed by atoms with Gasteiger partial charge in [0.2, 0.25) is 18.4 Å². The third kappa shape index (κ3) is 4.53. The fourth-order valence-electron chi connectivity index (χ4n) is 2.80. The second-order valence-corrected chi connectivity index (χ2v) is 6.36. The predicted molar refractivity (Wildman–Crippen MR) is 103 cm³/mol. The van der Waals surface area contributed by atoms with Crippen LogP contribution in [-0.2, 0) is 0 Å². The molecular weight excluding hydrogens is 416 g/mol. The molecule has 0 amide bonds. The van der Waals surface area contributed by atoms with Crippen molar-refractivity contribution in [3.63, 3.8) is 0 Å². The number of aromatic nitrogens is 1. The summed E-state index contributed by atoms with van der Waals surface area (Å²) < 4.78 is 38.3. The van der Waals surface area contributed by atoms with Crippen molar-refractivity contribution in [2.45, 2.75) is 6.92 Å². The predicted octanol–water partition coefficient (Wildman–Crippen LogP) is 3.24. The summed E-state index contributed by atoms with van der Waals surface area (Å²) in [5.41, 5.74) is -0.0517. The molecule has 0 atom stereocenters. The quantitative estimate of drug-likeness (QED) is 0.654. The van der Waals surface area contributed by atoms with Gasteiger partial charge in [0, 0.05) is 18.3 Å². The molecule has 31 heavy (non-hydrogen) atoms. The summed E-state index contributed by atoms with van der Waals surface area (Å²) in [6.45, 7) is 1.48. The van der Waals surface area contributed by atoms with E-state index >= 15 is 0 Å². The van der Waals surface area contributed by atoms with Gasteiger partial charge >= 0.3 is 11.9 Å². The van der Waals surface area contributed by atoms with Gasteiger partial charge in [-0.25, -0.2) is 14.0 Å². The number of hydrogen-bond donors (Lipinski definition) is 2. The molecule has 0 fully saturated rings. The molecule has 1 aromatic heterocycles. The average molecular weight is 431 g/mol. The first-order valence-electron chi connectivity index (χ1n) is 8.73. The Morgan fingerprint density at radius 2 is 1.61 bits per heavy atom. The highest BCUT2D eigenvalue weighted by Gasteiger charge is 2.25. The average Bonchev–Trinajstić information content (AvgIpc) is 3.20. The van der Waals surface area contributed by atoms with Gasteiger partial charge in [0.05, 0.1) is 16.8 Å². The van der Waals surface area contributed by atoms with Crippen LogP contribution >= 0.6 is 0 Å². The molecule has 0 saturated carbocycles. The van der Waals surface area contributed by atoms with E-state index < -0.39 is 29.1 Å². The first-order valence-corrected chi connectivity index (χ1v) is 8.73. The minimum Gasteiger partial charge on any atom is -0.478 e. The highest BCUT2D eigenvalue weighted by molar-refractivity contribution is 5.94. The van der Waals surface area contributed by atoms with Crippen molar-refractivity contribution < 1.29 is 38.1 Å². The number of carboxylic acid groups (broad SMARTS) is 2. The monoisotopic (exact) mass is 431 g/mol. The van der Waals surface area contributed by atoms with Gasteiger partial charge in [-0.2, -0.15) is 4.39 Å². The van der Waals surface area contributed by atoms with Crippen LogP contribution in [0.25, 0.3) is 5.69 Å². The number of rotatable bonds is 3. The summed E-state index contributed by atoms with van der Waals surface area (Å²) in [5, 5.41) is 17.2. The Hall–Kier alpha value is -4.21. The lowest BCUT2D eigenvalue weighted by Gasteiger charge is -2.08. The molecule has 160 valence electrons. The van der Waals surface area contributed by atoms with Crippen molar-refractivity contribution in [1.29, 1.82) is 0 Å². The first kappa shape index (κ1) is 21.5. The van der Waals surface area contributed by atoms with Gasteiger partial charge in [-0.3, -0.25) is 9.36 Å². The van der Waals surface area contributed by atoms with E-state index in [2.05, 4.69) is 0 Å². The lowest BCUT2D eigenvalue weighted by molar-refractivity contribution is 0.0696. The topological polar surface area (TPSA) is 115 Å². The fraction of sp³-hybridized carbons (Fsp3) is 0.0952. The number of nitrogens with zero attached hydrogens (tertiary/aromatic N) is 1. The fourth-order valence-corrected chi connectivity index (χ4v) is 2.80. The Balaban J connectivity index is 0.000000187. The van der Waals surface area contributed by atoms with Gasteiger partial charge in [0.1, 0.15) is 0 Å². The van der Waals surface area contributed by atoms with Gasteiger partial charge in [-0.15, -0.1) is 0 Å².